The molecular weight excluding hydrogens is 274 g/mol. The van der Waals surface area contributed by atoms with Crippen molar-refractivity contribution in [3.05, 3.63) is 35.5 Å². The monoisotopic (exact) mass is 299 g/mol. The largest absolute Gasteiger partial charge is 0.296 e. The summed E-state index contributed by atoms with van der Waals surface area (Å²) in [7, 11) is 0. The average molecular weight is 299 g/mol. The van der Waals surface area contributed by atoms with Crippen LogP contribution >= 0.6 is 0 Å². The number of aromatic nitrogens is 3. The number of hydrogen-bond acceptors (Lipinski definition) is 3. The molecule has 0 aliphatic rings. The second-order valence-corrected chi connectivity index (χ2v) is 6.70. The molecule has 22 heavy (non-hydrogen) atoms. The van der Waals surface area contributed by atoms with E-state index in [9.17, 15) is 4.79 Å². The minimum Gasteiger partial charge on any atom is -0.296 e. The summed E-state index contributed by atoms with van der Waals surface area (Å²) in [4.78, 5) is 11.3. The first-order valence-corrected chi connectivity index (χ1v) is 7.97. The molecule has 1 aromatic carbocycles. The maximum atomic E-state index is 11.3. The smallest absolute Gasteiger partial charge is 0.172 e. The molecule has 0 amide bonds. The van der Waals surface area contributed by atoms with Crippen LogP contribution in [0, 0.1) is 0 Å². The zero-order valence-corrected chi connectivity index (χ0v) is 14.0. The van der Waals surface area contributed by atoms with Crippen LogP contribution in [0.4, 0.5) is 0 Å². The Bertz CT molecular complexity index is 621. The second-order valence-electron chi connectivity index (χ2n) is 6.70. The zero-order valence-electron chi connectivity index (χ0n) is 14.0. The Labute approximate surface area is 132 Å². The third-order valence-electron chi connectivity index (χ3n) is 3.87. The molecule has 4 nitrogen and oxygen atoms in total. The van der Waals surface area contributed by atoms with Crippen molar-refractivity contribution in [2.45, 2.75) is 58.9 Å². The molecule has 0 saturated carbocycles. The molecule has 118 valence electrons. The predicted octanol–water partition coefficient (Wildman–Crippen LogP) is 4.25. The highest BCUT2D eigenvalue weighted by atomic mass is 16.1. The number of hydrogen-bond donors (Lipinski definition) is 0. The molecule has 0 spiro atoms. The van der Waals surface area contributed by atoms with Crippen LogP contribution in [-0.2, 0) is 12.0 Å². The highest BCUT2D eigenvalue weighted by molar-refractivity contribution is 5.83. The van der Waals surface area contributed by atoms with Gasteiger partial charge in [-0.05, 0) is 17.4 Å². The van der Waals surface area contributed by atoms with E-state index in [1.54, 1.807) is 0 Å². The molecule has 0 radical (unpaired) electrons. The van der Waals surface area contributed by atoms with Crippen molar-refractivity contribution in [2.24, 2.45) is 0 Å². The van der Waals surface area contributed by atoms with Crippen LogP contribution in [-0.4, -0.2) is 21.3 Å². The fourth-order valence-corrected chi connectivity index (χ4v) is 2.50. The zero-order chi connectivity index (χ0) is 16.2. The quantitative estimate of drug-likeness (QED) is 0.592. The minimum atomic E-state index is 0.117. The van der Waals surface area contributed by atoms with Crippen molar-refractivity contribution in [3.8, 4) is 11.3 Å². The van der Waals surface area contributed by atoms with Crippen LogP contribution in [0.15, 0.2) is 24.3 Å². The molecule has 0 atom stereocenters. The molecule has 1 heterocycles. The maximum Gasteiger partial charge on any atom is 0.172 e. The fourth-order valence-electron chi connectivity index (χ4n) is 2.50. The van der Waals surface area contributed by atoms with E-state index in [0.717, 1.165) is 43.4 Å². The van der Waals surface area contributed by atoms with Gasteiger partial charge in [-0.2, -0.15) is 0 Å². The van der Waals surface area contributed by atoms with E-state index in [1.165, 1.54) is 5.56 Å². The van der Waals surface area contributed by atoms with Crippen molar-refractivity contribution < 1.29 is 4.79 Å². The number of aldehydes is 1. The Morgan fingerprint density at radius 3 is 2.36 bits per heavy atom. The normalized spacial score (nSPS) is 11.6. The lowest BCUT2D eigenvalue weighted by Gasteiger charge is -2.19. The van der Waals surface area contributed by atoms with Crippen molar-refractivity contribution >= 4 is 6.29 Å². The highest BCUT2D eigenvalue weighted by Crippen LogP contribution is 2.27. The van der Waals surface area contributed by atoms with E-state index in [2.05, 4.69) is 62.3 Å². The van der Waals surface area contributed by atoms with E-state index in [0.29, 0.717) is 5.69 Å². The summed E-state index contributed by atoms with van der Waals surface area (Å²) < 4.78 is 1.85. The molecule has 0 unspecified atom stereocenters. The topological polar surface area (TPSA) is 47.8 Å². The van der Waals surface area contributed by atoms with E-state index < -0.39 is 0 Å². The lowest BCUT2D eigenvalue weighted by molar-refractivity contribution is 0.111. The van der Waals surface area contributed by atoms with Crippen molar-refractivity contribution in [1.29, 1.82) is 0 Å². The van der Waals surface area contributed by atoms with Gasteiger partial charge < -0.3 is 0 Å². The number of aryl methyl sites for hydroxylation is 1. The van der Waals surface area contributed by atoms with E-state index in [-0.39, 0.29) is 5.41 Å². The molecule has 0 saturated heterocycles. The first-order chi connectivity index (χ1) is 10.5. The Hall–Kier alpha value is -1.97. The van der Waals surface area contributed by atoms with Crippen LogP contribution in [0.25, 0.3) is 11.3 Å². The van der Waals surface area contributed by atoms with Gasteiger partial charge in [0, 0.05) is 12.1 Å². The number of nitrogens with zero attached hydrogens (tertiary/aromatic N) is 3. The van der Waals surface area contributed by atoms with Gasteiger partial charge in [-0.15, -0.1) is 5.10 Å². The molecule has 2 rings (SSSR count). The summed E-state index contributed by atoms with van der Waals surface area (Å²) >= 11 is 0. The highest BCUT2D eigenvalue weighted by Gasteiger charge is 2.17. The summed E-state index contributed by atoms with van der Waals surface area (Å²) in [5, 5.41) is 8.15. The van der Waals surface area contributed by atoms with Crippen LogP contribution in [0.3, 0.4) is 0 Å². The molecule has 4 heteroatoms. The Morgan fingerprint density at radius 1 is 1.14 bits per heavy atom. The molecule has 0 N–H and O–H groups in total. The van der Waals surface area contributed by atoms with Gasteiger partial charge in [0.1, 0.15) is 0 Å². The molecular formula is C18H25N3O. The molecule has 2 aromatic rings. The first kappa shape index (κ1) is 16.4. The van der Waals surface area contributed by atoms with Crippen molar-refractivity contribution in [3.63, 3.8) is 0 Å². The summed E-state index contributed by atoms with van der Waals surface area (Å²) in [6, 6.07) is 8.35. The number of rotatable bonds is 6. The summed E-state index contributed by atoms with van der Waals surface area (Å²) in [5.74, 6) is 0. The molecule has 0 aliphatic heterocycles. The van der Waals surface area contributed by atoms with E-state index in [4.69, 9.17) is 0 Å². The van der Waals surface area contributed by atoms with Crippen molar-refractivity contribution in [2.75, 3.05) is 0 Å². The summed E-state index contributed by atoms with van der Waals surface area (Å²) in [5.41, 5.74) is 3.63. The Balaban J connectivity index is 2.34. The number of benzene rings is 1. The predicted molar refractivity (Wildman–Crippen MR) is 89.1 cm³/mol. The van der Waals surface area contributed by atoms with E-state index >= 15 is 0 Å². The Morgan fingerprint density at radius 2 is 1.82 bits per heavy atom. The molecule has 0 bridgehead atoms. The van der Waals surface area contributed by atoms with Crippen LogP contribution < -0.4 is 0 Å². The van der Waals surface area contributed by atoms with Gasteiger partial charge >= 0.3 is 0 Å². The van der Waals surface area contributed by atoms with Gasteiger partial charge in [-0.3, -0.25) is 4.79 Å². The molecule has 0 aliphatic carbocycles. The van der Waals surface area contributed by atoms with Gasteiger partial charge in [-0.1, -0.05) is 70.0 Å². The Kier molecular flexibility index (Phi) is 5.11. The van der Waals surface area contributed by atoms with Crippen LogP contribution in [0.5, 0.6) is 0 Å². The third-order valence-corrected chi connectivity index (χ3v) is 3.87. The van der Waals surface area contributed by atoms with Crippen LogP contribution in [0.1, 0.15) is 63.0 Å². The minimum absolute atomic E-state index is 0.117. The number of unbranched alkanes of at least 4 members (excludes halogenated alkanes) is 2. The number of carbonyl (C=O) groups excluding carboxylic acids is 1. The summed E-state index contributed by atoms with van der Waals surface area (Å²) in [6.45, 7) is 9.54. The second kappa shape index (κ2) is 6.86. The van der Waals surface area contributed by atoms with Gasteiger partial charge in [-0.25, -0.2) is 4.68 Å². The lowest BCUT2D eigenvalue weighted by Crippen LogP contribution is -2.10. The van der Waals surface area contributed by atoms with Crippen molar-refractivity contribution in [1.82, 2.24) is 15.0 Å². The SMILES string of the molecule is CCCCCn1nnc(C=O)c1-c1ccc(C(C)(C)C)cc1. The first-order valence-electron chi connectivity index (χ1n) is 7.97. The maximum absolute atomic E-state index is 11.3. The lowest BCUT2D eigenvalue weighted by atomic mass is 9.86. The molecule has 0 fully saturated rings. The van der Waals surface area contributed by atoms with Crippen LogP contribution in [0.2, 0.25) is 0 Å². The van der Waals surface area contributed by atoms with Gasteiger partial charge in [0.15, 0.2) is 12.0 Å². The average Bonchev–Trinajstić information content (AvgIpc) is 2.90. The van der Waals surface area contributed by atoms with Gasteiger partial charge in [0.05, 0.1) is 5.69 Å². The summed E-state index contributed by atoms with van der Waals surface area (Å²) in [6.07, 6.45) is 4.14. The van der Waals surface area contributed by atoms with Gasteiger partial charge in [0.2, 0.25) is 0 Å². The standard InChI is InChI=1S/C18H25N3O/c1-5-6-7-12-21-17(16(13-22)19-20-21)14-8-10-15(11-9-14)18(2,3)4/h8-11,13H,5-7,12H2,1-4H3. The third kappa shape index (κ3) is 3.62. The fraction of sp³-hybridized carbons (Fsp3) is 0.500. The van der Waals surface area contributed by atoms with E-state index in [1.807, 2.05) is 4.68 Å². The number of carbonyl (C=O) groups is 1. The van der Waals surface area contributed by atoms with Gasteiger partial charge in [0.25, 0.3) is 0 Å². The molecule has 1 aromatic heterocycles.